The van der Waals surface area contributed by atoms with Crippen LogP contribution < -0.4 is 5.32 Å². The monoisotopic (exact) mass is 360 g/mol. The highest BCUT2D eigenvalue weighted by Crippen LogP contribution is 2.23. The number of halogens is 1. The number of rotatable bonds is 4. The minimum absolute atomic E-state index is 0.113. The van der Waals surface area contributed by atoms with Crippen LogP contribution in [0.25, 0.3) is 0 Å². The van der Waals surface area contributed by atoms with Gasteiger partial charge in [-0.1, -0.05) is 48.0 Å². The molecule has 124 valence electrons. The van der Waals surface area contributed by atoms with E-state index in [-0.39, 0.29) is 11.8 Å². The molecule has 1 aliphatic heterocycles. The summed E-state index contributed by atoms with van der Waals surface area (Å²) in [6.07, 6.45) is 0. The summed E-state index contributed by atoms with van der Waals surface area (Å²) in [5, 5.41) is 3.51. The molecule has 1 heterocycles. The standard InChI is InChI=1S/C18H17ClN2O2S/c19-15-9-5-4-8-14(15)10-20-17(22)16-11-24-12-21(16)18(23)13-6-2-1-3-7-13/h1-9,16H,10-12H2,(H,20,22). The van der Waals surface area contributed by atoms with Gasteiger partial charge in [0.1, 0.15) is 6.04 Å². The van der Waals surface area contributed by atoms with E-state index < -0.39 is 6.04 Å². The van der Waals surface area contributed by atoms with Crippen LogP contribution in [0.5, 0.6) is 0 Å². The van der Waals surface area contributed by atoms with Gasteiger partial charge in [0.2, 0.25) is 5.91 Å². The third kappa shape index (κ3) is 3.74. The van der Waals surface area contributed by atoms with E-state index in [1.165, 1.54) is 0 Å². The third-order valence-corrected chi connectivity index (χ3v) is 5.26. The molecular formula is C18H17ClN2O2S. The molecule has 24 heavy (non-hydrogen) atoms. The molecule has 0 spiro atoms. The lowest BCUT2D eigenvalue weighted by molar-refractivity contribution is -0.124. The van der Waals surface area contributed by atoms with Crippen LogP contribution in [0.2, 0.25) is 5.02 Å². The summed E-state index contributed by atoms with van der Waals surface area (Å²) >= 11 is 7.69. The summed E-state index contributed by atoms with van der Waals surface area (Å²) < 4.78 is 0. The number of nitrogens with zero attached hydrogens (tertiary/aromatic N) is 1. The molecule has 4 nitrogen and oxygen atoms in total. The van der Waals surface area contributed by atoms with Crippen molar-refractivity contribution >= 4 is 35.2 Å². The molecular weight excluding hydrogens is 344 g/mol. The molecule has 3 rings (SSSR count). The number of carbonyl (C=O) groups excluding carboxylic acids is 2. The summed E-state index contributed by atoms with van der Waals surface area (Å²) in [7, 11) is 0. The first-order valence-corrected chi connectivity index (χ1v) is 9.15. The third-order valence-electron chi connectivity index (χ3n) is 3.88. The molecule has 2 amide bonds. The van der Waals surface area contributed by atoms with Gasteiger partial charge in [0, 0.05) is 22.9 Å². The Hall–Kier alpha value is -1.98. The van der Waals surface area contributed by atoms with Crippen LogP contribution >= 0.6 is 23.4 Å². The molecule has 0 radical (unpaired) electrons. The first-order chi connectivity index (χ1) is 11.7. The Morgan fingerprint density at radius 2 is 1.83 bits per heavy atom. The maximum atomic E-state index is 12.6. The van der Waals surface area contributed by atoms with Gasteiger partial charge in [0.15, 0.2) is 0 Å². The largest absolute Gasteiger partial charge is 0.350 e. The van der Waals surface area contributed by atoms with E-state index >= 15 is 0 Å². The molecule has 1 N–H and O–H groups in total. The van der Waals surface area contributed by atoms with Gasteiger partial charge in [0.25, 0.3) is 5.91 Å². The normalized spacial score (nSPS) is 16.9. The minimum atomic E-state index is -0.454. The molecule has 0 saturated carbocycles. The smallest absolute Gasteiger partial charge is 0.255 e. The number of benzene rings is 2. The molecule has 1 aliphatic rings. The zero-order chi connectivity index (χ0) is 16.9. The second kappa shape index (κ2) is 7.73. The van der Waals surface area contributed by atoms with E-state index in [2.05, 4.69) is 5.32 Å². The van der Waals surface area contributed by atoms with Gasteiger partial charge in [-0.05, 0) is 23.8 Å². The van der Waals surface area contributed by atoms with Crippen LogP contribution in [-0.2, 0) is 11.3 Å². The van der Waals surface area contributed by atoms with Crippen molar-refractivity contribution in [3.8, 4) is 0 Å². The molecule has 0 bridgehead atoms. The van der Waals surface area contributed by atoms with Gasteiger partial charge in [0.05, 0.1) is 5.88 Å². The van der Waals surface area contributed by atoms with Crippen LogP contribution in [0.15, 0.2) is 54.6 Å². The second-order valence-corrected chi connectivity index (χ2v) is 6.87. The molecule has 2 aromatic carbocycles. The second-order valence-electron chi connectivity index (χ2n) is 5.47. The van der Waals surface area contributed by atoms with E-state index in [9.17, 15) is 9.59 Å². The zero-order valence-corrected chi connectivity index (χ0v) is 14.5. The van der Waals surface area contributed by atoms with Gasteiger partial charge in [-0.3, -0.25) is 9.59 Å². The maximum absolute atomic E-state index is 12.6. The first kappa shape index (κ1) is 16.9. The summed E-state index contributed by atoms with van der Waals surface area (Å²) in [6, 6.07) is 16.0. The van der Waals surface area contributed by atoms with Crippen molar-refractivity contribution in [2.45, 2.75) is 12.6 Å². The molecule has 1 unspecified atom stereocenters. The van der Waals surface area contributed by atoms with E-state index in [1.807, 2.05) is 36.4 Å². The predicted molar refractivity (Wildman–Crippen MR) is 97.0 cm³/mol. The summed E-state index contributed by atoms with van der Waals surface area (Å²) in [4.78, 5) is 26.7. The molecule has 1 saturated heterocycles. The van der Waals surface area contributed by atoms with Crippen LogP contribution in [0.3, 0.4) is 0 Å². The fourth-order valence-electron chi connectivity index (χ4n) is 2.55. The van der Waals surface area contributed by atoms with Gasteiger partial charge in [-0.15, -0.1) is 11.8 Å². The van der Waals surface area contributed by atoms with Crippen molar-refractivity contribution in [2.24, 2.45) is 0 Å². The highest BCUT2D eigenvalue weighted by molar-refractivity contribution is 7.99. The Kier molecular flexibility index (Phi) is 5.43. The lowest BCUT2D eigenvalue weighted by atomic mass is 10.1. The highest BCUT2D eigenvalue weighted by Gasteiger charge is 2.34. The average Bonchev–Trinajstić information content (AvgIpc) is 3.10. The number of thioether (sulfide) groups is 1. The topological polar surface area (TPSA) is 49.4 Å². The quantitative estimate of drug-likeness (QED) is 0.911. The van der Waals surface area contributed by atoms with Crippen LogP contribution in [0, 0.1) is 0 Å². The van der Waals surface area contributed by atoms with E-state index in [1.54, 1.807) is 34.9 Å². The number of carbonyl (C=O) groups is 2. The van der Waals surface area contributed by atoms with Gasteiger partial charge >= 0.3 is 0 Å². The molecule has 1 atom stereocenters. The molecule has 0 aromatic heterocycles. The Labute approximate surface area is 150 Å². The molecule has 1 fully saturated rings. The SMILES string of the molecule is O=C(NCc1ccccc1Cl)C1CSCN1C(=O)c1ccccc1. The van der Waals surface area contributed by atoms with Crippen molar-refractivity contribution < 1.29 is 9.59 Å². The van der Waals surface area contributed by atoms with Gasteiger partial charge in [-0.2, -0.15) is 0 Å². The van der Waals surface area contributed by atoms with Crippen molar-refractivity contribution in [2.75, 3.05) is 11.6 Å². The molecule has 2 aromatic rings. The van der Waals surface area contributed by atoms with Crippen molar-refractivity contribution in [3.05, 3.63) is 70.7 Å². The van der Waals surface area contributed by atoms with E-state index in [0.29, 0.717) is 28.8 Å². The molecule has 6 heteroatoms. The fourth-order valence-corrected chi connectivity index (χ4v) is 3.90. The lowest BCUT2D eigenvalue weighted by Gasteiger charge is -2.23. The van der Waals surface area contributed by atoms with Gasteiger partial charge < -0.3 is 10.2 Å². The summed E-state index contributed by atoms with van der Waals surface area (Å²) in [5.41, 5.74) is 1.46. The number of hydrogen-bond donors (Lipinski definition) is 1. The Morgan fingerprint density at radius 1 is 1.12 bits per heavy atom. The Bertz CT molecular complexity index is 739. The lowest BCUT2D eigenvalue weighted by Crippen LogP contribution is -2.47. The van der Waals surface area contributed by atoms with E-state index in [0.717, 1.165) is 5.56 Å². The van der Waals surface area contributed by atoms with Crippen molar-refractivity contribution in [1.82, 2.24) is 10.2 Å². The van der Waals surface area contributed by atoms with Crippen molar-refractivity contribution in [1.29, 1.82) is 0 Å². The number of nitrogens with one attached hydrogen (secondary N) is 1. The zero-order valence-electron chi connectivity index (χ0n) is 12.9. The van der Waals surface area contributed by atoms with Crippen molar-refractivity contribution in [3.63, 3.8) is 0 Å². The van der Waals surface area contributed by atoms with Crippen LogP contribution in [0.1, 0.15) is 15.9 Å². The maximum Gasteiger partial charge on any atom is 0.255 e. The van der Waals surface area contributed by atoms with Crippen LogP contribution in [0.4, 0.5) is 0 Å². The highest BCUT2D eigenvalue weighted by atomic mass is 35.5. The minimum Gasteiger partial charge on any atom is -0.350 e. The fraction of sp³-hybridized carbons (Fsp3) is 0.222. The Balaban J connectivity index is 1.66. The molecule has 0 aliphatic carbocycles. The van der Waals surface area contributed by atoms with Gasteiger partial charge in [-0.25, -0.2) is 0 Å². The first-order valence-electron chi connectivity index (χ1n) is 7.61. The Morgan fingerprint density at radius 3 is 2.58 bits per heavy atom. The summed E-state index contributed by atoms with van der Waals surface area (Å²) in [5.74, 6) is 0.868. The number of amides is 2. The predicted octanol–water partition coefficient (Wildman–Crippen LogP) is 3.17. The average molecular weight is 361 g/mol. The van der Waals surface area contributed by atoms with Crippen LogP contribution in [-0.4, -0.2) is 34.4 Å². The summed E-state index contributed by atoms with van der Waals surface area (Å²) in [6.45, 7) is 0.354. The van der Waals surface area contributed by atoms with E-state index in [4.69, 9.17) is 11.6 Å². The number of hydrogen-bond acceptors (Lipinski definition) is 3.